The number of hydrogen-bond donors (Lipinski definition) is 1. The first-order valence-corrected chi connectivity index (χ1v) is 6.63. The number of aromatic nitrogens is 1. The number of nitrogens with one attached hydrogen (secondary N) is 1. The second-order valence-corrected chi connectivity index (χ2v) is 4.81. The predicted octanol–water partition coefficient (Wildman–Crippen LogP) is 2.88. The molecule has 3 rings (SSSR count). The molecule has 1 N–H and O–H groups in total. The van der Waals surface area contributed by atoms with Crippen molar-refractivity contribution in [1.29, 1.82) is 0 Å². The van der Waals surface area contributed by atoms with Gasteiger partial charge in [-0.1, -0.05) is 31.2 Å². The molecule has 0 radical (unpaired) electrons. The van der Waals surface area contributed by atoms with Gasteiger partial charge in [0.2, 0.25) is 0 Å². The van der Waals surface area contributed by atoms with Crippen molar-refractivity contribution in [3.8, 4) is 0 Å². The van der Waals surface area contributed by atoms with E-state index in [0.717, 1.165) is 19.4 Å². The van der Waals surface area contributed by atoms with Crippen LogP contribution in [0.1, 0.15) is 35.2 Å². The Balaban J connectivity index is 2.05. The molecule has 1 aromatic heterocycles. The van der Waals surface area contributed by atoms with Gasteiger partial charge >= 0.3 is 0 Å². The normalized spacial score (nSPS) is 18.4. The molecule has 2 heterocycles. The van der Waals surface area contributed by atoms with Gasteiger partial charge in [-0.3, -0.25) is 4.98 Å². The highest BCUT2D eigenvalue weighted by molar-refractivity contribution is 5.41. The standard InChI is InChI=1S/C16H18N2/c1-2-12-5-6-13-7-9-18-16(15(13)10-12)14-4-3-8-17-11-14/h3-6,8,10-11,16,18H,2,7,9H2,1H3. The van der Waals surface area contributed by atoms with E-state index in [1.165, 1.54) is 22.3 Å². The average molecular weight is 238 g/mol. The monoisotopic (exact) mass is 238 g/mol. The van der Waals surface area contributed by atoms with Crippen molar-refractivity contribution in [3.63, 3.8) is 0 Å². The number of nitrogens with zero attached hydrogens (tertiary/aromatic N) is 1. The van der Waals surface area contributed by atoms with Crippen LogP contribution in [0, 0.1) is 0 Å². The van der Waals surface area contributed by atoms with Gasteiger partial charge in [0.25, 0.3) is 0 Å². The Bertz CT molecular complexity index is 534. The Morgan fingerprint density at radius 1 is 1.33 bits per heavy atom. The van der Waals surface area contributed by atoms with E-state index in [-0.39, 0.29) is 0 Å². The van der Waals surface area contributed by atoms with Crippen molar-refractivity contribution in [3.05, 3.63) is 65.0 Å². The quantitative estimate of drug-likeness (QED) is 0.870. The fourth-order valence-electron chi connectivity index (χ4n) is 2.67. The average Bonchev–Trinajstić information content (AvgIpc) is 2.47. The van der Waals surface area contributed by atoms with Crippen LogP contribution >= 0.6 is 0 Å². The summed E-state index contributed by atoms with van der Waals surface area (Å²) in [6, 6.07) is 11.4. The van der Waals surface area contributed by atoms with Crippen molar-refractivity contribution < 1.29 is 0 Å². The first-order valence-electron chi connectivity index (χ1n) is 6.63. The maximum Gasteiger partial charge on any atom is 0.0594 e. The van der Waals surface area contributed by atoms with Gasteiger partial charge in [-0.25, -0.2) is 0 Å². The third-order valence-electron chi connectivity index (χ3n) is 3.69. The maximum atomic E-state index is 4.24. The van der Waals surface area contributed by atoms with E-state index in [1.807, 2.05) is 18.5 Å². The Morgan fingerprint density at radius 2 is 2.28 bits per heavy atom. The lowest BCUT2D eigenvalue weighted by atomic mass is 9.89. The lowest BCUT2D eigenvalue weighted by Gasteiger charge is -2.27. The second-order valence-electron chi connectivity index (χ2n) is 4.81. The Kier molecular flexibility index (Phi) is 3.11. The summed E-state index contributed by atoms with van der Waals surface area (Å²) in [7, 11) is 0. The lowest BCUT2D eigenvalue weighted by molar-refractivity contribution is 0.566. The van der Waals surface area contributed by atoms with Crippen LogP contribution in [-0.2, 0) is 12.8 Å². The molecule has 2 nitrogen and oxygen atoms in total. The van der Waals surface area contributed by atoms with Gasteiger partial charge < -0.3 is 5.32 Å². The van der Waals surface area contributed by atoms with E-state index in [1.54, 1.807) is 0 Å². The summed E-state index contributed by atoms with van der Waals surface area (Å²) in [5, 5.41) is 3.60. The zero-order valence-corrected chi connectivity index (χ0v) is 10.7. The molecular weight excluding hydrogens is 220 g/mol. The minimum Gasteiger partial charge on any atom is -0.306 e. The van der Waals surface area contributed by atoms with E-state index in [9.17, 15) is 0 Å². The van der Waals surface area contributed by atoms with E-state index >= 15 is 0 Å². The molecule has 1 aromatic carbocycles. The van der Waals surface area contributed by atoms with Crippen LogP contribution in [0.25, 0.3) is 0 Å². The molecule has 2 aromatic rings. The summed E-state index contributed by atoms with van der Waals surface area (Å²) in [5.41, 5.74) is 5.56. The molecule has 0 spiro atoms. The number of benzene rings is 1. The molecule has 0 fully saturated rings. The molecule has 0 saturated carbocycles. The lowest BCUT2D eigenvalue weighted by Crippen LogP contribution is -2.30. The molecule has 0 amide bonds. The van der Waals surface area contributed by atoms with Crippen LogP contribution in [0.2, 0.25) is 0 Å². The summed E-state index contributed by atoms with van der Waals surface area (Å²) < 4.78 is 0. The third-order valence-corrected chi connectivity index (χ3v) is 3.69. The van der Waals surface area contributed by atoms with Gasteiger partial charge in [0.05, 0.1) is 6.04 Å². The van der Waals surface area contributed by atoms with Crippen molar-refractivity contribution in [2.24, 2.45) is 0 Å². The smallest absolute Gasteiger partial charge is 0.0594 e. The molecule has 1 aliphatic rings. The molecule has 1 unspecified atom stereocenters. The molecule has 18 heavy (non-hydrogen) atoms. The highest BCUT2D eigenvalue weighted by atomic mass is 14.9. The van der Waals surface area contributed by atoms with Crippen molar-refractivity contribution in [1.82, 2.24) is 10.3 Å². The summed E-state index contributed by atoms with van der Waals surface area (Å²) >= 11 is 0. The van der Waals surface area contributed by atoms with E-state index < -0.39 is 0 Å². The van der Waals surface area contributed by atoms with Crippen LogP contribution in [0.15, 0.2) is 42.7 Å². The number of pyridine rings is 1. The zero-order chi connectivity index (χ0) is 12.4. The Morgan fingerprint density at radius 3 is 3.06 bits per heavy atom. The fourth-order valence-corrected chi connectivity index (χ4v) is 2.67. The number of fused-ring (bicyclic) bond motifs is 1. The highest BCUT2D eigenvalue weighted by Crippen LogP contribution is 2.29. The predicted molar refractivity (Wildman–Crippen MR) is 73.6 cm³/mol. The van der Waals surface area contributed by atoms with Gasteiger partial charge in [0, 0.05) is 18.9 Å². The second kappa shape index (κ2) is 4.91. The largest absolute Gasteiger partial charge is 0.306 e. The summed E-state index contributed by atoms with van der Waals surface area (Å²) in [6.45, 7) is 3.25. The number of rotatable bonds is 2. The zero-order valence-electron chi connectivity index (χ0n) is 10.7. The van der Waals surface area contributed by atoms with Crippen LogP contribution in [0.3, 0.4) is 0 Å². The van der Waals surface area contributed by atoms with Gasteiger partial charge in [-0.2, -0.15) is 0 Å². The van der Waals surface area contributed by atoms with Crippen molar-refractivity contribution >= 4 is 0 Å². The van der Waals surface area contributed by atoms with Gasteiger partial charge in [0.15, 0.2) is 0 Å². The van der Waals surface area contributed by atoms with Gasteiger partial charge in [0.1, 0.15) is 0 Å². The van der Waals surface area contributed by atoms with E-state index in [4.69, 9.17) is 0 Å². The molecule has 0 saturated heterocycles. The molecule has 1 aliphatic heterocycles. The molecule has 0 bridgehead atoms. The van der Waals surface area contributed by atoms with Crippen LogP contribution in [0.5, 0.6) is 0 Å². The number of aryl methyl sites for hydroxylation is 1. The first kappa shape index (κ1) is 11.4. The van der Waals surface area contributed by atoms with Crippen LogP contribution in [0.4, 0.5) is 0 Å². The number of hydrogen-bond acceptors (Lipinski definition) is 2. The van der Waals surface area contributed by atoms with Crippen molar-refractivity contribution in [2.75, 3.05) is 6.54 Å². The van der Waals surface area contributed by atoms with Gasteiger partial charge in [-0.15, -0.1) is 0 Å². The summed E-state index contributed by atoms with van der Waals surface area (Å²) in [5.74, 6) is 0. The van der Waals surface area contributed by atoms with Crippen molar-refractivity contribution in [2.45, 2.75) is 25.8 Å². The molecule has 0 aliphatic carbocycles. The SMILES string of the molecule is CCc1ccc2c(c1)C(c1cccnc1)NCC2. The first-order chi connectivity index (χ1) is 8.88. The Hall–Kier alpha value is -1.67. The molecule has 1 atom stereocenters. The fraction of sp³-hybridized carbons (Fsp3) is 0.312. The molecule has 92 valence electrons. The molecule has 2 heteroatoms. The van der Waals surface area contributed by atoms with Gasteiger partial charge in [-0.05, 0) is 41.2 Å². The topological polar surface area (TPSA) is 24.9 Å². The highest BCUT2D eigenvalue weighted by Gasteiger charge is 2.21. The summed E-state index contributed by atoms with van der Waals surface area (Å²) in [4.78, 5) is 4.24. The van der Waals surface area contributed by atoms with E-state index in [2.05, 4.69) is 41.5 Å². The van der Waals surface area contributed by atoms with E-state index in [0.29, 0.717) is 6.04 Å². The van der Waals surface area contributed by atoms with Crippen LogP contribution < -0.4 is 5.32 Å². The minimum absolute atomic E-state index is 0.300. The molecular formula is C16H18N2. The van der Waals surface area contributed by atoms with Crippen LogP contribution in [-0.4, -0.2) is 11.5 Å². The Labute approximate surface area is 108 Å². The third kappa shape index (κ3) is 2.04. The minimum atomic E-state index is 0.300. The maximum absolute atomic E-state index is 4.24. The summed E-state index contributed by atoms with van der Waals surface area (Å²) in [6.07, 6.45) is 6.00.